The summed E-state index contributed by atoms with van der Waals surface area (Å²) < 4.78 is 4.77. The number of rotatable bonds is 8. The van der Waals surface area contributed by atoms with E-state index in [1.807, 2.05) is 0 Å². The van der Waals surface area contributed by atoms with Gasteiger partial charge in [-0.3, -0.25) is 9.59 Å². The minimum atomic E-state index is -2.06. The topological polar surface area (TPSA) is 148 Å². The van der Waals surface area contributed by atoms with Gasteiger partial charge >= 0.3 is 0 Å². The van der Waals surface area contributed by atoms with Gasteiger partial charge < -0.3 is 29.9 Å². The minimum Gasteiger partial charge on any atom is -0.461 e. The van der Waals surface area contributed by atoms with Gasteiger partial charge in [-0.2, -0.15) is 0 Å². The van der Waals surface area contributed by atoms with Gasteiger partial charge in [0.2, 0.25) is 5.78 Å². The molecule has 0 amide bonds. The van der Waals surface area contributed by atoms with E-state index in [0.29, 0.717) is 0 Å². The van der Waals surface area contributed by atoms with Crippen molar-refractivity contribution in [3.63, 3.8) is 0 Å². The van der Waals surface area contributed by atoms with E-state index in [1.165, 1.54) is 18.4 Å². The molecular weight excluding hydrogens is 272 g/mol. The molecule has 1 aromatic rings. The standard InChI is InChI=1S/C12H16O8/c13-5-8(16)11(18)12(19)10(17)7(15)4-6(14)9-2-1-3-20-9/h1-3,8,10-13,16-19H,4-5H2/t8-,10+,11-,12-/m1/s1. The third kappa shape index (κ3) is 3.95. The highest BCUT2D eigenvalue weighted by Crippen LogP contribution is 2.10. The molecule has 0 bridgehead atoms. The summed E-state index contributed by atoms with van der Waals surface area (Å²) in [6.07, 6.45) is -7.21. The molecule has 0 unspecified atom stereocenters. The molecule has 0 aliphatic rings. The van der Waals surface area contributed by atoms with Crippen LogP contribution in [0.25, 0.3) is 0 Å². The molecule has 0 aromatic carbocycles. The maximum atomic E-state index is 11.6. The number of hydrogen-bond acceptors (Lipinski definition) is 8. The van der Waals surface area contributed by atoms with Crippen molar-refractivity contribution in [2.75, 3.05) is 6.61 Å². The zero-order valence-corrected chi connectivity index (χ0v) is 10.4. The van der Waals surface area contributed by atoms with Crippen molar-refractivity contribution >= 4 is 11.6 Å². The molecule has 1 heterocycles. The minimum absolute atomic E-state index is 0.0732. The first-order valence-electron chi connectivity index (χ1n) is 5.81. The highest BCUT2D eigenvalue weighted by Gasteiger charge is 2.34. The van der Waals surface area contributed by atoms with Crippen molar-refractivity contribution in [2.24, 2.45) is 0 Å². The van der Waals surface area contributed by atoms with Crippen LogP contribution in [-0.2, 0) is 4.79 Å². The van der Waals surface area contributed by atoms with Crippen LogP contribution in [0, 0.1) is 0 Å². The number of aliphatic hydroxyl groups excluding tert-OH is 5. The van der Waals surface area contributed by atoms with Crippen LogP contribution in [0.3, 0.4) is 0 Å². The second-order valence-electron chi connectivity index (χ2n) is 4.22. The van der Waals surface area contributed by atoms with Crippen LogP contribution in [-0.4, -0.2) is 68.1 Å². The zero-order valence-electron chi connectivity index (χ0n) is 10.4. The Bertz CT molecular complexity index is 440. The van der Waals surface area contributed by atoms with Crippen LogP contribution >= 0.6 is 0 Å². The highest BCUT2D eigenvalue weighted by atomic mass is 16.4. The van der Waals surface area contributed by atoms with Crippen LogP contribution < -0.4 is 0 Å². The Hall–Kier alpha value is -1.58. The summed E-state index contributed by atoms with van der Waals surface area (Å²) in [5.41, 5.74) is 0. The molecule has 0 saturated heterocycles. The van der Waals surface area contributed by atoms with E-state index in [4.69, 9.17) is 14.6 Å². The maximum Gasteiger partial charge on any atom is 0.205 e. The van der Waals surface area contributed by atoms with E-state index in [-0.39, 0.29) is 5.76 Å². The maximum absolute atomic E-state index is 11.6. The lowest BCUT2D eigenvalue weighted by Crippen LogP contribution is -2.48. The van der Waals surface area contributed by atoms with E-state index in [0.717, 1.165) is 0 Å². The van der Waals surface area contributed by atoms with E-state index in [2.05, 4.69) is 0 Å². The lowest BCUT2D eigenvalue weighted by atomic mass is 9.97. The molecule has 8 heteroatoms. The van der Waals surface area contributed by atoms with Crippen molar-refractivity contribution in [1.82, 2.24) is 0 Å². The number of carbonyl (C=O) groups excluding carboxylic acids is 2. The Balaban J connectivity index is 2.60. The molecule has 20 heavy (non-hydrogen) atoms. The molecule has 8 nitrogen and oxygen atoms in total. The number of furan rings is 1. The quantitative estimate of drug-likeness (QED) is 0.269. The first-order chi connectivity index (χ1) is 9.38. The number of hydrogen-bond donors (Lipinski definition) is 5. The van der Waals surface area contributed by atoms with Gasteiger partial charge in [0, 0.05) is 0 Å². The predicted octanol–water partition coefficient (Wildman–Crippen LogP) is -2.14. The number of carbonyl (C=O) groups is 2. The Morgan fingerprint density at radius 3 is 2.30 bits per heavy atom. The fourth-order valence-electron chi connectivity index (χ4n) is 1.50. The molecule has 112 valence electrons. The molecule has 0 fully saturated rings. The van der Waals surface area contributed by atoms with Gasteiger partial charge in [-0.25, -0.2) is 0 Å². The van der Waals surface area contributed by atoms with Crippen molar-refractivity contribution in [2.45, 2.75) is 30.8 Å². The monoisotopic (exact) mass is 288 g/mol. The summed E-state index contributed by atoms with van der Waals surface area (Å²) >= 11 is 0. The van der Waals surface area contributed by atoms with Crippen LogP contribution in [0.1, 0.15) is 17.0 Å². The molecule has 0 aliphatic carbocycles. The molecule has 4 atom stereocenters. The molecule has 0 spiro atoms. The fraction of sp³-hybridized carbons (Fsp3) is 0.500. The van der Waals surface area contributed by atoms with E-state index in [9.17, 15) is 24.9 Å². The van der Waals surface area contributed by atoms with Crippen molar-refractivity contribution < 1.29 is 39.5 Å². The number of aliphatic hydroxyl groups is 5. The van der Waals surface area contributed by atoms with Crippen molar-refractivity contribution in [3.8, 4) is 0 Å². The highest BCUT2D eigenvalue weighted by molar-refractivity contribution is 6.07. The van der Waals surface area contributed by atoms with Crippen molar-refractivity contribution in [3.05, 3.63) is 24.2 Å². The summed E-state index contributed by atoms with van der Waals surface area (Å²) in [5.74, 6) is -1.80. The normalized spacial score (nSPS) is 17.2. The summed E-state index contributed by atoms with van der Waals surface area (Å²) in [4.78, 5) is 23.1. The molecule has 5 N–H and O–H groups in total. The van der Waals surface area contributed by atoms with Gasteiger partial charge in [-0.15, -0.1) is 0 Å². The predicted molar refractivity (Wildman–Crippen MR) is 63.8 cm³/mol. The Kier molecular flexibility index (Phi) is 5.99. The summed E-state index contributed by atoms with van der Waals surface area (Å²) in [7, 11) is 0. The van der Waals surface area contributed by atoms with Crippen LogP contribution in [0.4, 0.5) is 0 Å². The zero-order chi connectivity index (χ0) is 15.3. The Labute approximate surface area is 113 Å². The first kappa shape index (κ1) is 16.5. The van der Waals surface area contributed by atoms with E-state index >= 15 is 0 Å². The molecule has 0 saturated carbocycles. The Morgan fingerprint density at radius 1 is 1.15 bits per heavy atom. The van der Waals surface area contributed by atoms with E-state index < -0.39 is 49.0 Å². The summed E-state index contributed by atoms with van der Waals surface area (Å²) in [5, 5.41) is 46.0. The Morgan fingerprint density at radius 2 is 1.80 bits per heavy atom. The second kappa shape index (κ2) is 7.27. The molecular formula is C12H16O8. The van der Waals surface area contributed by atoms with E-state index in [1.54, 1.807) is 0 Å². The molecule has 1 rings (SSSR count). The largest absolute Gasteiger partial charge is 0.461 e. The summed E-state index contributed by atoms with van der Waals surface area (Å²) in [6, 6.07) is 2.78. The van der Waals surface area contributed by atoms with Gasteiger partial charge in [0.1, 0.15) is 24.4 Å². The molecule has 0 radical (unpaired) electrons. The van der Waals surface area contributed by atoms with Gasteiger partial charge in [0.05, 0.1) is 19.3 Å². The van der Waals surface area contributed by atoms with Gasteiger partial charge in [-0.05, 0) is 12.1 Å². The fourth-order valence-corrected chi connectivity index (χ4v) is 1.50. The summed E-state index contributed by atoms with van der Waals surface area (Å²) in [6.45, 7) is -0.857. The van der Waals surface area contributed by atoms with Gasteiger partial charge in [0.15, 0.2) is 11.5 Å². The van der Waals surface area contributed by atoms with Crippen LogP contribution in [0.2, 0.25) is 0 Å². The van der Waals surface area contributed by atoms with Crippen molar-refractivity contribution in [1.29, 1.82) is 0 Å². The van der Waals surface area contributed by atoms with Crippen LogP contribution in [0.15, 0.2) is 22.8 Å². The number of Topliss-reactive ketones (excluding diaryl/α,β-unsaturated/α-hetero) is 2. The molecule has 0 aliphatic heterocycles. The average molecular weight is 288 g/mol. The van der Waals surface area contributed by atoms with Crippen LogP contribution in [0.5, 0.6) is 0 Å². The average Bonchev–Trinajstić information content (AvgIpc) is 2.98. The lowest BCUT2D eigenvalue weighted by Gasteiger charge is -2.24. The lowest BCUT2D eigenvalue weighted by molar-refractivity contribution is -0.146. The SMILES string of the molecule is O=C(CC(=O)[C@H](O)[C@@H](O)[C@H](O)[C@H](O)CO)c1ccco1. The van der Waals surface area contributed by atoms with Gasteiger partial charge in [-0.1, -0.05) is 0 Å². The number of ketones is 2. The van der Waals surface area contributed by atoms with Gasteiger partial charge in [0.25, 0.3) is 0 Å². The third-order valence-electron chi connectivity index (χ3n) is 2.72. The second-order valence-corrected chi connectivity index (χ2v) is 4.22. The smallest absolute Gasteiger partial charge is 0.205 e. The third-order valence-corrected chi connectivity index (χ3v) is 2.72. The molecule has 1 aromatic heterocycles. The first-order valence-corrected chi connectivity index (χ1v) is 5.81.